The van der Waals surface area contributed by atoms with Crippen molar-refractivity contribution < 1.29 is 0 Å². The topological polar surface area (TPSA) is 0 Å². The van der Waals surface area contributed by atoms with Gasteiger partial charge in [-0.05, 0) is 349 Å². The van der Waals surface area contributed by atoms with Crippen molar-refractivity contribution >= 4 is 32.3 Å². The molecule has 0 amide bonds. The molecule has 0 N–H and O–H groups in total. The van der Waals surface area contributed by atoms with Gasteiger partial charge in [-0.15, -0.1) is 0 Å². The second kappa shape index (κ2) is 51.1. The Hall–Kier alpha value is -8.58. The quantitative estimate of drug-likeness (QED) is 0.0803. The third-order valence-electron chi connectivity index (χ3n) is 22.6. The number of benzene rings is 12. The molecule has 12 aromatic rings. The monoisotopic (exact) mass is 1480 g/mol. The van der Waals surface area contributed by atoms with Crippen LogP contribution >= 0.6 is 0 Å². The molecular formula is C111H150. The molecule has 0 nitrogen and oxygen atoms in total. The first-order valence-electron chi connectivity index (χ1n) is 43.5. The van der Waals surface area contributed by atoms with E-state index in [4.69, 9.17) is 0 Å². The second-order valence-electron chi connectivity index (χ2n) is 30.2. The van der Waals surface area contributed by atoms with Crippen molar-refractivity contribution in [1.82, 2.24) is 0 Å². The zero-order valence-corrected chi connectivity index (χ0v) is 75.3. The lowest BCUT2D eigenvalue weighted by atomic mass is 9.97. The maximum absolute atomic E-state index is 2.32. The van der Waals surface area contributed by atoms with Crippen LogP contribution in [0.5, 0.6) is 0 Å². The molecule has 0 saturated carbocycles. The van der Waals surface area contributed by atoms with Crippen molar-refractivity contribution in [2.24, 2.45) is 0 Å². The van der Waals surface area contributed by atoms with E-state index in [9.17, 15) is 0 Å². The predicted octanol–water partition coefficient (Wildman–Crippen LogP) is 31.5. The van der Waals surface area contributed by atoms with E-state index in [1.165, 1.54) is 183 Å². The highest BCUT2D eigenvalue weighted by molar-refractivity contribution is 5.88. The summed E-state index contributed by atoms with van der Waals surface area (Å²) < 4.78 is 0. The van der Waals surface area contributed by atoms with E-state index >= 15 is 0 Å². The molecule has 0 aromatic heterocycles. The van der Waals surface area contributed by atoms with Crippen molar-refractivity contribution in [2.75, 3.05) is 0 Å². The van der Waals surface area contributed by atoms with Crippen LogP contribution in [0.4, 0.5) is 0 Å². The smallest absolute Gasteiger partial charge is 0.0152 e. The molecule has 0 heteroatoms. The molecular weight excluding hydrogens is 1330 g/mol. The summed E-state index contributed by atoms with van der Waals surface area (Å²) >= 11 is 0. The summed E-state index contributed by atoms with van der Waals surface area (Å²) in [5, 5.41) is 8.32. The largest absolute Gasteiger partial charge is 0.0617 e. The Morgan fingerprint density at radius 2 is 0.550 bits per heavy atom. The van der Waals surface area contributed by atoms with Crippen molar-refractivity contribution in [1.29, 1.82) is 0 Å². The van der Waals surface area contributed by atoms with Gasteiger partial charge in [0.2, 0.25) is 0 Å². The number of hydrogen-bond acceptors (Lipinski definition) is 0. The number of fused-ring (bicyclic) bond motifs is 3. The zero-order valence-electron chi connectivity index (χ0n) is 75.3. The summed E-state index contributed by atoms with van der Waals surface area (Å²) in [5.41, 5.74) is 39.2. The van der Waals surface area contributed by atoms with Gasteiger partial charge < -0.3 is 0 Å². The number of rotatable bonds is 18. The van der Waals surface area contributed by atoms with Crippen molar-refractivity contribution in [3.05, 3.63) is 350 Å². The Labute approximate surface area is 680 Å². The van der Waals surface area contributed by atoms with Crippen molar-refractivity contribution in [2.45, 2.75) is 303 Å². The molecule has 0 atom stereocenters. The molecule has 0 aliphatic carbocycles. The Morgan fingerprint density at radius 3 is 1.07 bits per heavy atom. The van der Waals surface area contributed by atoms with E-state index in [1.807, 2.05) is 0 Å². The van der Waals surface area contributed by atoms with Crippen LogP contribution in [0.25, 0.3) is 32.3 Å². The van der Waals surface area contributed by atoms with Gasteiger partial charge in [-0.2, -0.15) is 0 Å². The lowest BCUT2D eigenvalue weighted by Crippen LogP contribution is -1.93. The Morgan fingerprint density at radius 1 is 0.162 bits per heavy atom. The van der Waals surface area contributed by atoms with Gasteiger partial charge in [0.15, 0.2) is 0 Å². The molecule has 0 saturated heterocycles. The van der Waals surface area contributed by atoms with E-state index in [0.29, 0.717) is 0 Å². The first-order valence-corrected chi connectivity index (χ1v) is 43.5. The molecule has 0 heterocycles. The van der Waals surface area contributed by atoms with E-state index in [0.717, 1.165) is 116 Å². The molecule has 0 aliphatic heterocycles. The van der Waals surface area contributed by atoms with Gasteiger partial charge in [0, 0.05) is 0 Å². The van der Waals surface area contributed by atoms with Gasteiger partial charge in [-0.25, -0.2) is 0 Å². The third kappa shape index (κ3) is 30.1. The summed E-state index contributed by atoms with van der Waals surface area (Å²) in [4.78, 5) is 0. The highest BCUT2D eigenvalue weighted by Crippen LogP contribution is 2.27. The van der Waals surface area contributed by atoms with Crippen LogP contribution < -0.4 is 0 Å². The average Bonchev–Trinajstić information content (AvgIpc) is 0.809. The van der Waals surface area contributed by atoms with E-state index < -0.39 is 0 Å². The molecule has 0 bridgehead atoms. The summed E-state index contributed by atoms with van der Waals surface area (Å²) in [6.45, 7) is 59.5. The lowest BCUT2D eigenvalue weighted by molar-refractivity contribution is 1.02. The molecule has 0 aliphatic rings. The van der Waals surface area contributed by atoms with Crippen LogP contribution in [-0.2, 0) is 116 Å². The normalized spacial score (nSPS) is 10.4. The summed E-state index contributed by atoms with van der Waals surface area (Å²) in [6.07, 6.45) is 20.5. The predicted molar refractivity (Wildman–Crippen MR) is 502 cm³/mol. The third-order valence-corrected chi connectivity index (χ3v) is 22.6. The minimum absolute atomic E-state index is 1.12. The molecule has 12 rings (SSSR count). The van der Waals surface area contributed by atoms with E-state index in [1.54, 1.807) is 0 Å². The Kier molecular flexibility index (Phi) is 43.7. The first-order chi connectivity index (χ1) is 53.4. The summed E-state index contributed by atoms with van der Waals surface area (Å²) in [5.74, 6) is 0. The standard InChI is InChI=1S/3C15H18.6C11H16/c1-4-12-6-9-15-11(3)13(5-2)7-8-14(15)10-12;1-4-12-6-7-14-9-13(5-2)8-11(3)15(14)10-12;1-4-12-6-7-14-10-13(5-2)11(3)8-15(14)9-12;1-4-10-6-9(3)7-11(5-2)8-10;1-4-10-6-7-11(5-2)9(3)8-10;1-4-10-7-6-9(3)11(5-2)8-10;1-4-10-7-6-9(3)8-11(10)5-2;1-4-10-7-6-8-11(5-2)9(10)3;1-4-10-8-6-7-9(3)11(10)5-2/h3*6-10H,4-5H2,1-3H3;6*6-8H,4-5H2,1-3H3. The highest BCUT2D eigenvalue weighted by atomic mass is 14.1. The van der Waals surface area contributed by atoms with E-state index in [-0.39, 0.29) is 0 Å². The second-order valence-corrected chi connectivity index (χ2v) is 30.2. The SMILES string of the molecule is CCc1cc(C)c2cc(CC)ccc2c1.CCc1cc(C)cc(CC)c1.CCc1ccc(C)c(CC)c1.CCc1ccc(C)cc1CC.CCc1ccc(CC)c(C)c1.CCc1ccc2c(C)c(CC)ccc2c1.CCc1ccc2cc(CC)c(C)cc2c1.CCc1cccc(C)c1CC.CCc1cccc(CC)c1C. The fourth-order valence-corrected chi connectivity index (χ4v) is 15.0. The van der Waals surface area contributed by atoms with Crippen LogP contribution in [0, 0.1) is 62.3 Å². The molecule has 0 spiro atoms. The van der Waals surface area contributed by atoms with Gasteiger partial charge >= 0.3 is 0 Å². The number of hydrogen-bond donors (Lipinski definition) is 0. The summed E-state index contributed by atoms with van der Waals surface area (Å²) in [7, 11) is 0. The fraction of sp³-hybridized carbons (Fsp3) is 0.405. The van der Waals surface area contributed by atoms with Crippen LogP contribution in [-0.4, -0.2) is 0 Å². The van der Waals surface area contributed by atoms with Gasteiger partial charge in [0.25, 0.3) is 0 Å². The molecule has 0 unspecified atom stereocenters. The minimum Gasteiger partial charge on any atom is -0.0617 e. The van der Waals surface area contributed by atoms with Crippen LogP contribution in [0.15, 0.2) is 200 Å². The van der Waals surface area contributed by atoms with Crippen LogP contribution in [0.3, 0.4) is 0 Å². The van der Waals surface area contributed by atoms with Gasteiger partial charge in [0.05, 0.1) is 0 Å². The van der Waals surface area contributed by atoms with E-state index in [2.05, 4.69) is 387 Å². The average molecular weight is 1480 g/mol. The Balaban J connectivity index is 0.000000264. The van der Waals surface area contributed by atoms with Gasteiger partial charge in [-0.1, -0.05) is 336 Å². The maximum Gasteiger partial charge on any atom is -0.0152 e. The van der Waals surface area contributed by atoms with Crippen LogP contribution in [0.2, 0.25) is 0 Å². The summed E-state index contributed by atoms with van der Waals surface area (Å²) in [6, 6.07) is 74.4. The van der Waals surface area contributed by atoms with Gasteiger partial charge in [0.1, 0.15) is 0 Å². The molecule has 0 fully saturated rings. The Bertz CT molecular complexity index is 4650. The fourth-order valence-electron chi connectivity index (χ4n) is 15.0. The van der Waals surface area contributed by atoms with Crippen molar-refractivity contribution in [3.63, 3.8) is 0 Å². The minimum atomic E-state index is 1.12. The van der Waals surface area contributed by atoms with Crippen molar-refractivity contribution in [3.8, 4) is 0 Å². The first kappa shape index (κ1) is 94.8. The number of aryl methyl sites for hydroxylation is 25. The molecule has 0 radical (unpaired) electrons. The lowest BCUT2D eigenvalue weighted by Gasteiger charge is -2.08. The zero-order chi connectivity index (χ0) is 82.1. The maximum atomic E-state index is 2.32. The van der Waals surface area contributed by atoms with Crippen LogP contribution in [0.1, 0.15) is 275 Å². The molecule has 594 valence electrons. The molecule has 12 aromatic carbocycles. The highest BCUT2D eigenvalue weighted by Gasteiger charge is 2.07. The van der Waals surface area contributed by atoms with Gasteiger partial charge in [-0.3, -0.25) is 0 Å². The molecule has 111 heavy (non-hydrogen) atoms.